The normalized spacial score (nSPS) is 12.2. The molecule has 0 spiro atoms. The highest BCUT2D eigenvalue weighted by molar-refractivity contribution is 6.58. The smallest absolute Gasteiger partial charge is 0.488 e. The molecule has 1 unspecified atom stereocenters. The van der Waals surface area contributed by atoms with E-state index in [9.17, 15) is 0 Å². The van der Waals surface area contributed by atoms with Crippen LogP contribution in [0.15, 0.2) is 24.3 Å². The van der Waals surface area contributed by atoms with Crippen molar-refractivity contribution >= 4 is 12.6 Å². The molecule has 1 rings (SSSR count). The fourth-order valence-corrected chi connectivity index (χ4v) is 2.12. The highest BCUT2D eigenvalue weighted by atomic mass is 16.5. The molecule has 5 heteroatoms. The van der Waals surface area contributed by atoms with Crippen molar-refractivity contribution in [3.05, 3.63) is 24.3 Å². The number of benzene rings is 1. The molecule has 118 valence electrons. The highest BCUT2D eigenvalue weighted by Gasteiger charge is 2.11. The zero-order valence-electron chi connectivity index (χ0n) is 13.1. The molecule has 0 fully saturated rings. The Balaban J connectivity index is 2.14. The van der Waals surface area contributed by atoms with Crippen LogP contribution in [0.1, 0.15) is 46.0 Å². The number of hydrogen-bond acceptors (Lipinski definition) is 4. The summed E-state index contributed by atoms with van der Waals surface area (Å²) in [5.41, 5.74) is 0.428. The number of rotatable bonds is 11. The Bertz CT molecular complexity index is 384. The van der Waals surface area contributed by atoms with Crippen LogP contribution in [0, 0.1) is 0 Å². The van der Waals surface area contributed by atoms with Gasteiger partial charge in [0, 0.05) is 0 Å². The van der Waals surface area contributed by atoms with Crippen LogP contribution in [-0.2, 0) is 4.74 Å². The maximum atomic E-state index is 9.09. The van der Waals surface area contributed by atoms with Crippen molar-refractivity contribution in [2.45, 2.75) is 52.1 Å². The number of unbranched alkanes of at least 4 members (excludes halogenated alkanes) is 3. The van der Waals surface area contributed by atoms with Gasteiger partial charge in [-0.15, -0.1) is 0 Å². The maximum Gasteiger partial charge on any atom is 0.488 e. The second-order valence-electron chi connectivity index (χ2n) is 5.33. The third-order valence-corrected chi connectivity index (χ3v) is 3.37. The zero-order chi connectivity index (χ0) is 15.5. The van der Waals surface area contributed by atoms with E-state index in [0.29, 0.717) is 24.4 Å². The molecule has 0 bridgehead atoms. The van der Waals surface area contributed by atoms with Crippen molar-refractivity contribution in [3.63, 3.8) is 0 Å². The third-order valence-electron chi connectivity index (χ3n) is 3.37. The summed E-state index contributed by atoms with van der Waals surface area (Å²) in [5, 5.41) is 18.2. The number of ether oxygens (including phenoxy) is 2. The molecular formula is C16H27BO4. The minimum absolute atomic E-state index is 0.260. The van der Waals surface area contributed by atoms with Gasteiger partial charge in [0.2, 0.25) is 0 Å². The first-order valence-corrected chi connectivity index (χ1v) is 7.84. The van der Waals surface area contributed by atoms with Crippen molar-refractivity contribution in [1.29, 1.82) is 0 Å². The lowest BCUT2D eigenvalue weighted by atomic mass is 9.80. The molecule has 21 heavy (non-hydrogen) atoms. The van der Waals surface area contributed by atoms with Gasteiger partial charge in [0.1, 0.15) is 12.4 Å². The van der Waals surface area contributed by atoms with Gasteiger partial charge in [-0.05, 0) is 30.9 Å². The van der Waals surface area contributed by atoms with E-state index in [-0.39, 0.29) is 6.10 Å². The molecule has 0 saturated carbocycles. The van der Waals surface area contributed by atoms with E-state index in [1.54, 1.807) is 24.3 Å². The van der Waals surface area contributed by atoms with Gasteiger partial charge in [-0.25, -0.2) is 0 Å². The van der Waals surface area contributed by atoms with Crippen molar-refractivity contribution in [2.75, 3.05) is 13.2 Å². The van der Waals surface area contributed by atoms with E-state index < -0.39 is 7.12 Å². The molecular weight excluding hydrogens is 267 g/mol. The minimum atomic E-state index is -1.46. The molecule has 0 aliphatic carbocycles. The summed E-state index contributed by atoms with van der Waals surface area (Å²) in [5.74, 6) is 0.625. The second-order valence-corrected chi connectivity index (χ2v) is 5.33. The molecule has 1 atom stereocenters. The van der Waals surface area contributed by atoms with Gasteiger partial charge >= 0.3 is 7.12 Å². The Morgan fingerprint density at radius 3 is 2.67 bits per heavy atom. The summed E-state index contributed by atoms with van der Waals surface area (Å²) in [7, 11) is -1.46. The summed E-state index contributed by atoms with van der Waals surface area (Å²) < 4.78 is 11.2. The van der Waals surface area contributed by atoms with Gasteiger partial charge in [0.15, 0.2) is 0 Å². The third kappa shape index (κ3) is 8.10. The summed E-state index contributed by atoms with van der Waals surface area (Å²) in [6.07, 6.45) is 6.39. The van der Waals surface area contributed by atoms with Crippen LogP contribution in [0.5, 0.6) is 5.75 Å². The van der Waals surface area contributed by atoms with Crippen LogP contribution in [0.3, 0.4) is 0 Å². The van der Waals surface area contributed by atoms with Crippen molar-refractivity contribution < 1.29 is 19.5 Å². The standard InChI is InChI=1S/C16H27BO4/c1-3-4-5-6-8-14(2)20-11-12-21-16-10-7-9-15(13-16)17(18)19/h7,9-10,13-14,18-19H,3-6,8,11-12H2,1-2H3. The molecule has 0 aliphatic heterocycles. The van der Waals surface area contributed by atoms with Crippen LogP contribution < -0.4 is 10.2 Å². The summed E-state index contributed by atoms with van der Waals surface area (Å²) in [6.45, 7) is 5.31. The van der Waals surface area contributed by atoms with Crippen molar-refractivity contribution in [1.82, 2.24) is 0 Å². The predicted octanol–water partition coefficient (Wildman–Crippen LogP) is 2.12. The Morgan fingerprint density at radius 1 is 1.14 bits per heavy atom. The predicted molar refractivity (Wildman–Crippen MR) is 85.9 cm³/mol. The molecule has 0 saturated heterocycles. The molecule has 2 N–H and O–H groups in total. The van der Waals surface area contributed by atoms with Crippen molar-refractivity contribution in [2.24, 2.45) is 0 Å². The van der Waals surface area contributed by atoms with E-state index in [1.165, 1.54) is 25.7 Å². The molecule has 0 aliphatic rings. The second kappa shape index (κ2) is 10.7. The lowest BCUT2D eigenvalue weighted by molar-refractivity contribution is 0.0385. The maximum absolute atomic E-state index is 9.09. The average molecular weight is 294 g/mol. The monoisotopic (exact) mass is 294 g/mol. The molecule has 0 heterocycles. The largest absolute Gasteiger partial charge is 0.491 e. The summed E-state index contributed by atoms with van der Waals surface area (Å²) in [4.78, 5) is 0. The average Bonchev–Trinajstić information content (AvgIpc) is 2.48. The zero-order valence-corrected chi connectivity index (χ0v) is 13.1. The molecule has 0 aromatic heterocycles. The minimum Gasteiger partial charge on any atom is -0.491 e. The van der Waals surface area contributed by atoms with Gasteiger partial charge in [0.05, 0.1) is 12.7 Å². The van der Waals surface area contributed by atoms with E-state index in [1.807, 2.05) is 0 Å². The van der Waals surface area contributed by atoms with Crippen molar-refractivity contribution in [3.8, 4) is 5.75 Å². The van der Waals surface area contributed by atoms with Gasteiger partial charge in [0.25, 0.3) is 0 Å². The van der Waals surface area contributed by atoms with Gasteiger partial charge in [-0.1, -0.05) is 44.7 Å². The van der Waals surface area contributed by atoms with Crippen LogP contribution in [0.25, 0.3) is 0 Å². The lowest BCUT2D eigenvalue weighted by Gasteiger charge is -2.13. The summed E-state index contributed by atoms with van der Waals surface area (Å²) in [6, 6.07) is 6.80. The van der Waals surface area contributed by atoms with Crippen LogP contribution in [-0.4, -0.2) is 36.5 Å². The Hall–Kier alpha value is -1.04. The van der Waals surface area contributed by atoms with E-state index in [0.717, 1.165) is 6.42 Å². The van der Waals surface area contributed by atoms with E-state index in [2.05, 4.69) is 13.8 Å². The summed E-state index contributed by atoms with van der Waals surface area (Å²) >= 11 is 0. The SMILES string of the molecule is CCCCCCC(C)OCCOc1cccc(B(O)O)c1. The molecule has 1 aromatic rings. The molecule has 1 aromatic carbocycles. The highest BCUT2D eigenvalue weighted by Crippen LogP contribution is 2.09. The molecule has 0 amide bonds. The Kier molecular flexibility index (Phi) is 9.14. The fourth-order valence-electron chi connectivity index (χ4n) is 2.12. The first-order valence-electron chi connectivity index (χ1n) is 7.84. The molecule has 4 nitrogen and oxygen atoms in total. The topological polar surface area (TPSA) is 58.9 Å². The Labute approximate surface area is 128 Å². The van der Waals surface area contributed by atoms with E-state index in [4.69, 9.17) is 19.5 Å². The van der Waals surface area contributed by atoms with Crippen LogP contribution in [0.4, 0.5) is 0 Å². The van der Waals surface area contributed by atoms with Crippen LogP contribution >= 0.6 is 0 Å². The van der Waals surface area contributed by atoms with Gasteiger partial charge in [-0.3, -0.25) is 0 Å². The fraction of sp³-hybridized carbons (Fsp3) is 0.625. The quantitative estimate of drug-likeness (QED) is 0.485. The number of hydrogen-bond donors (Lipinski definition) is 2. The molecule has 0 radical (unpaired) electrons. The first-order chi connectivity index (χ1) is 10.1. The lowest BCUT2D eigenvalue weighted by Crippen LogP contribution is -2.29. The van der Waals surface area contributed by atoms with Crippen LogP contribution in [0.2, 0.25) is 0 Å². The Morgan fingerprint density at radius 2 is 1.95 bits per heavy atom. The van der Waals surface area contributed by atoms with Gasteiger partial charge < -0.3 is 19.5 Å². The van der Waals surface area contributed by atoms with E-state index >= 15 is 0 Å². The first kappa shape index (κ1) is 18.0. The van der Waals surface area contributed by atoms with Gasteiger partial charge in [-0.2, -0.15) is 0 Å².